The van der Waals surface area contributed by atoms with Crippen molar-refractivity contribution in [1.29, 1.82) is 0 Å². The van der Waals surface area contributed by atoms with E-state index in [9.17, 15) is 9.59 Å². The molecule has 2 aromatic carbocycles. The van der Waals surface area contributed by atoms with E-state index in [0.29, 0.717) is 22.2 Å². The molecule has 1 fully saturated rings. The Morgan fingerprint density at radius 3 is 2.46 bits per heavy atom. The van der Waals surface area contributed by atoms with Gasteiger partial charge in [-0.05, 0) is 48.6 Å². The van der Waals surface area contributed by atoms with Gasteiger partial charge in [-0.25, -0.2) is 4.79 Å². The van der Waals surface area contributed by atoms with Gasteiger partial charge in [0.2, 0.25) is 0 Å². The van der Waals surface area contributed by atoms with Crippen LogP contribution in [0.25, 0.3) is 0 Å². The number of nitrogens with one attached hydrogen (secondary N) is 1. The topological polar surface area (TPSA) is 64.1 Å². The van der Waals surface area contributed by atoms with E-state index in [4.69, 9.17) is 16.3 Å². The van der Waals surface area contributed by atoms with Crippen LogP contribution in [0.5, 0.6) is 0 Å². The minimum Gasteiger partial charge on any atom is -0.356 e. The third-order valence-electron chi connectivity index (χ3n) is 4.53. The Kier molecular flexibility index (Phi) is 5.71. The van der Waals surface area contributed by atoms with Gasteiger partial charge in [0, 0.05) is 9.92 Å². The summed E-state index contributed by atoms with van der Waals surface area (Å²) < 4.78 is 7.30. The molecule has 0 atom stereocenters. The fraction of sp³-hybridized carbons (Fsp3) is 0.238. The SMILES string of the molecule is O=c1[nH]c(=O)n(COCc2ccccc2)c(Sc2ccc(Cl)cc2)c1C1CC1. The molecule has 3 aromatic rings. The number of hydrogen-bond donors (Lipinski definition) is 1. The van der Waals surface area contributed by atoms with E-state index < -0.39 is 5.69 Å². The molecule has 1 aliphatic rings. The molecule has 1 heterocycles. The summed E-state index contributed by atoms with van der Waals surface area (Å²) in [7, 11) is 0. The van der Waals surface area contributed by atoms with E-state index in [1.165, 1.54) is 16.3 Å². The fourth-order valence-electron chi connectivity index (χ4n) is 2.97. The third kappa shape index (κ3) is 4.41. The van der Waals surface area contributed by atoms with Crippen molar-refractivity contribution in [3.05, 3.63) is 91.6 Å². The van der Waals surface area contributed by atoms with Crippen LogP contribution in [0.4, 0.5) is 0 Å². The van der Waals surface area contributed by atoms with Gasteiger partial charge in [-0.2, -0.15) is 0 Å². The van der Waals surface area contributed by atoms with Crippen LogP contribution in [0.3, 0.4) is 0 Å². The van der Waals surface area contributed by atoms with Gasteiger partial charge in [-0.1, -0.05) is 53.7 Å². The molecule has 5 nitrogen and oxygen atoms in total. The second-order valence-electron chi connectivity index (χ2n) is 6.70. The highest BCUT2D eigenvalue weighted by atomic mass is 35.5. The van der Waals surface area contributed by atoms with Gasteiger partial charge in [0.05, 0.1) is 17.2 Å². The molecular formula is C21H19ClN2O3S. The fourth-order valence-corrected chi connectivity index (χ4v) is 4.21. The molecule has 0 bridgehead atoms. The first kappa shape index (κ1) is 19.1. The maximum atomic E-state index is 12.5. The lowest BCUT2D eigenvalue weighted by atomic mass is 10.2. The van der Waals surface area contributed by atoms with Crippen LogP contribution in [-0.2, 0) is 18.1 Å². The molecule has 0 unspecified atom stereocenters. The Morgan fingerprint density at radius 2 is 1.79 bits per heavy atom. The number of halogens is 1. The standard InChI is InChI=1S/C21H19ClN2O3S/c22-16-8-10-17(11-9-16)28-20-18(15-6-7-15)19(25)23-21(26)24(20)13-27-12-14-4-2-1-3-5-14/h1-5,8-11,15H,6-7,12-13H2,(H,23,25,26). The number of ether oxygens (including phenoxy) is 1. The normalized spacial score (nSPS) is 13.6. The van der Waals surface area contributed by atoms with E-state index in [-0.39, 0.29) is 18.2 Å². The van der Waals surface area contributed by atoms with Crippen LogP contribution in [0.1, 0.15) is 29.9 Å². The van der Waals surface area contributed by atoms with Gasteiger partial charge >= 0.3 is 5.69 Å². The van der Waals surface area contributed by atoms with Crippen molar-refractivity contribution in [3.63, 3.8) is 0 Å². The van der Waals surface area contributed by atoms with E-state index in [2.05, 4.69) is 4.98 Å². The summed E-state index contributed by atoms with van der Waals surface area (Å²) in [4.78, 5) is 28.4. The van der Waals surface area contributed by atoms with E-state index in [1.54, 1.807) is 12.1 Å². The average molecular weight is 415 g/mol. The summed E-state index contributed by atoms with van der Waals surface area (Å²) in [6.07, 6.45) is 1.92. The molecule has 28 heavy (non-hydrogen) atoms. The van der Waals surface area contributed by atoms with Crippen molar-refractivity contribution < 1.29 is 4.74 Å². The molecule has 1 aromatic heterocycles. The summed E-state index contributed by atoms with van der Waals surface area (Å²) in [5.74, 6) is 0.194. The van der Waals surface area contributed by atoms with Crippen molar-refractivity contribution in [2.24, 2.45) is 0 Å². The third-order valence-corrected chi connectivity index (χ3v) is 5.92. The number of nitrogens with zero attached hydrogens (tertiary/aromatic N) is 1. The number of aromatic amines is 1. The largest absolute Gasteiger partial charge is 0.356 e. The van der Waals surface area contributed by atoms with Crippen molar-refractivity contribution in [2.75, 3.05) is 0 Å². The van der Waals surface area contributed by atoms with Crippen molar-refractivity contribution in [3.8, 4) is 0 Å². The van der Waals surface area contributed by atoms with Gasteiger partial charge in [-0.3, -0.25) is 14.3 Å². The summed E-state index contributed by atoms with van der Waals surface area (Å²) >= 11 is 7.37. The monoisotopic (exact) mass is 414 g/mol. The quantitative estimate of drug-likeness (QED) is 0.582. The van der Waals surface area contributed by atoms with Gasteiger partial charge < -0.3 is 4.74 Å². The summed E-state index contributed by atoms with van der Waals surface area (Å²) in [6.45, 7) is 0.455. The van der Waals surface area contributed by atoms with E-state index >= 15 is 0 Å². The predicted molar refractivity (Wildman–Crippen MR) is 110 cm³/mol. The first-order chi connectivity index (χ1) is 13.6. The summed E-state index contributed by atoms with van der Waals surface area (Å²) in [5, 5.41) is 1.29. The highest BCUT2D eigenvalue weighted by molar-refractivity contribution is 7.99. The summed E-state index contributed by atoms with van der Waals surface area (Å²) in [5.41, 5.74) is 0.930. The first-order valence-electron chi connectivity index (χ1n) is 9.04. The lowest BCUT2D eigenvalue weighted by Gasteiger charge is -2.16. The maximum absolute atomic E-state index is 12.5. The highest BCUT2D eigenvalue weighted by Gasteiger charge is 2.31. The van der Waals surface area contributed by atoms with E-state index in [0.717, 1.165) is 23.3 Å². The van der Waals surface area contributed by atoms with Crippen LogP contribution in [0, 0.1) is 0 Å². The molecule has 1 aliphatic carbocycles. The Bertz CT molecular complexity index is 1070. The number of rotatable bonds is 7. The zero-order valence-electron chi connectivity index (χ0n) is 15.1. The second-order valence-corrected chi connectivity index (χ2v) is 8.20. The lowest BCUT2D eigenvalue weighted by molar-refractivity contribution is 0.0550. The first-order valence-corrected chi connectivity index (χ1v) is 10.2. The molecule has 0 saturated heterocycles. The van der Waals surface area contributed by atoms with Gasteiger partial charge in [0.1, 0.15) is 6.73 Å². The van der Waals surface area contributed by atoms with Crippen LogP contribution in [0.15, 0.2) is 74.1 Å². The predicted octanol–water partition coefficient (Wildman–Crippen LogP) is 4.39. The Balaban J connectivity index is 1.65. The molecule has 0 radical (unpaired) electrons. The molecule has 0 aliphatic heterocycles. The van der Waals surface area contributed by atoms with Crippen LogP contribution in [0.2, 0.25) is 5.02 Å². The minimum atomic E-state index is -0.459. The molecule has 0 spiro atoms. The van der Waals surface area contributed by atoms with Crippen LogP contribution in [-0.4, -0.2) is 9.55 Å². The van der Waals surface area contributed by atoms with Gasteiger partial charge in [-0.15, -0.1) is 0 Å². The molecule has 1 saturated carbocycles. The molecule has 1 N–H and O–H groups in total. The van der Waals surface area contributed by atoms with Crippen LogP contribution < -0.4 is 11.2 Å². The molecular weight excluding hydrogens is 396 g/mol. The lowest BCUT2D eigenvalue weighted by Crippen LogP contribution is -2.34. The van der Waals surface area contributed by atoms with Crippen molar-refractivity contribution >= 4 is 23.4 Å². The van der Waals surface area contributed by atoms with Crippen LogP contribution >= 0.6 is 23.4 Å². The molecule has 7 heteroatoms. The molecule has 144 valence electrons. The Labute approximate surface area is 171 Å². The highest BCUT2D eigenvalue weighted by Crippen LogP contribution is 2.43. The number of aromatic nitrogens is 2. The number of hydrogen-bond acceptors (Lipinski definition) is 4. The number of H-pyrrole nitrogens is 1. The maximum Gasteiger partial charge on any atom is 0.331 e. The van der Waals surface area contributed by atoms with E-state index in [1.807, 2.05) is 42.5 Å². The zero-order valence-corrected chi connectivity index (χ0v) is 16.6. The van der Waals surface area contributed by atoms with Crippen molar-refractivity contribution in [2.45, 2.75) is 42.0 Å². The van der Waals surface area contributed by atoms with Gasteiger partial charge in [0.15, 0.2) is 0 Å². The minimum absolute atomic E-state index is 0.0696. The second kappa shape index (κ2) is 8.39. The zero-order chi connectivity index (χ0) is 19.5. The average Bonchev–Trinajstić information content (AvgIpc) is 3.51. The molecule has 0 amide bonds. The Morgan fingerprint density at radius 1 is 1.07 bits per heavy atom. The smallest absolute Gasteiger partial charge is 0.331 e. The molecule has 4 rings (SSSR count). The number of benzene rings is 2. The summed E-state index contributed by atoms with van der Waals surface area (Å²) in [6, 6.07) is 17.1. The van der Waals surface area contributed by atoms with Crippen molar-refractivity contribution in [1.82, 2.24) is 9.55 Å². The Hall–Kier alpha value is -2.28. The van der Waals surface area contributed by atoms with Gasteiger partial charge in [0.25, 0.3) is 5.56 Å².